The number of carbonyl (C=O) groups excluding carboxylic acids is 2. The summed E-state index contributed by atoms with van der Waals surface area (Å²) < 4.78 is 4.75. The van der Waals surface area contributed by atoms with Gasteiger partial charge in [-0.2, -0.15) is 0 Å². The van der Waals surface area contributed by atoms with Crippen LogP contribution in [0.5, 0.6) is 0 Å². The van der Waals surface area contributed by atoms with Crippen LogP contribution in [0.1, 0.15) is 24.5 Å². The lowest BCUT2D eigenvalue weighted by molar-refractivity contribution is -0.141. The molecule has 5 heteroatoms. The summed E-state index contributed by atoms with van der Waals surface area (Å²) in [5.74, 6) is -0.420. The molecule has 1 atom stereocenters. The van der Waals surface area contributed by atoms with Crippen LogP contribution < -0.4 is 10.6 Å². The van der Waals surface area contributed by atoms with E-state index in [1.165, 1.54) is 11.1 Å². The molecule has 1 unspecified atom stereocenters. The lowest BCUT2D eigenvalue weighted by atomic mass is 9.88. The molecule has 0 aliphatic heterocycles. The van der Waals surface area contributed by atoms with Gasteiger partial charge < -0.3 is 15.4 Å². The van der Waals surface area contributed by atoms with E-state index in [0.29, 0.717) is 6.61 Å². The largest absolute Gasteiger partial charge is 0.465 e. The first-order valence-electron chi connectivity index (χ1n) is 6.95. The fourth-order valence-corrected chi connectivity index (χ4v) is 2.42. The summed E-state index contributed by atoms with van der Waals surface area (Å²) in [7, 11) is 0. The van der Waals surface area contributed by atoms with E-state index in [9.17, 15) is 9.59 Å². The maximum absolute atomic E-state index is 11.7. The minimum atomic E-state index is -0.420. The summed E-state index contributed by atoms with van der Waals surface area (Å²) in [6.07, 6.45) is 2.73. The Kier molecular flexibility index (Phi) is 4.98. The minimum absolute atomic E-state index is 0.0943. The smallest absolute Gasteiger partial charge is 0.325 e. The van der Waals surface area contributed by atoms with Gasteiger partial charge in [-0.05, 0) is 37.3 Å². The molecular formula is C15H20N2O3. The number of hydrogen-bond acceptors (Lipinski definition) is 3. The second-order valence-corrected chi connectivity index (χ2v) is 4.84. The van der Waals surface area contributed by atoms with Crippen molar-refractivity contribution in [3.8, 4) is 0 Å². The molecule has 0 fully saturated rings. The molecule has 108 valence electrons. The maximum atomic E-state index is 11.7. The van der Waals surface area contributed by atoms with E-state index in [1.807, 2.05) is 12.1 Å². The van der Waals surface area contributed by atoms with E-state index in [4.69, 9.17) is 4.74 Å². The van der Waals surface area contributed by atoms with Gasteiger partial charge in [0.25, 0.3) is 0 Å². The van der Waals surface area contributed by atoms with Crippen molar-refractivity contribution in [3.05, 3.63) is 35.4 Å². The molecule has 2 amide bonds. The third-order valence-electron chi connectivity index (χ3n) is 3.38. The number of urea groups is 1. The Morgan fingerprint density at radius 2 is 2.05 bits per heavy atom. The highest BCUT2D eigenvalue weighted by atomic mass is 16.5. The van der Waals surface area contributed by atoms with Gasteiger partial charge in [-0.15, -0.1) is 0 Å². The number of fused-ring (bicyclic) bond motifs is 1. The van der Waals surface area contributed by atoms with Gasteiger partial charge in [0, 0.05) is 6.04 Å². The van der Waals surface area contributed by atoms with E-state index in [-0.39, 0.29) is 18.6 Å². The van der Waals surface area contributed by atoms with E-state index in [1.54, 1.807) is 6.92 Å². The fraction of sp³-hybridized carbons (Fsp3) is 0.467. The number of nitrogens with one attached hydrogen (secondary N) is 2. The average molecular weight is 276 g/mol. The van der Waals surface area contributed by atoms with Crippen LogP contribution in [0.3, 0.4) is 0 Å². The molecule has 1 aromatic carbocycles. The van der Waals surface area contributed by atoms with E-state index >= 15 is 0 Å². The van der Waals surface area contributed by atoms with Crippen molar-refractivity contribution in [2.75, 3.05) is 13.2 Å². The molecule has 1 aliphatic rings. The topological polar surface area (TPSA) is 67.4 Å². The van der Waals surface area contributed by atoms with Gasteiger partial charge in [-0.25, -0.2) is 4.79 Å². The highest BCUT2D eigenvalue weighted by Gasteiger charge is 2.19. The van der Waals surface area contributed by atoms with Gasteiger partial charge in [0.2, 0.25) is 0 Å². The Labute approximate surface area is 118 Å². The summed E-state index contributed by atoms with van der Waals surface area (Å²) >= 11 is 0. The summed E-state index contributed by atoms with van der Waals surface area (Å²) in [6.45, 7) is 1.96. The maximum Gasteiger partial charge on any atom is 0.325 e. The lowest BCUT2D eigenvalue weighted by Crippen LogP contribution is -2.46. The zero-order valence-corrected chi connectivity index (χ0v) is 11.6. The van der Waals surface area contributed by atoms with Crippen LogP contribution in [0.2, 0.25) is 0 Å². The number of amides is 2. The van der Waals surface area contributed by atoms with Gasteiger partial charge in [-0.1, -0.05) is 24.3 Å². The third-order valence-corrected chi connectivity index (χ3v) is 3.38. The number of ether oxygens (including phenoxy) is 1. The van der Waals surface area contributed by atoms with Crippen LogP contribution in [0.25, 0.3) is 0 Å². The molecule has 0 aromatic heterocycles. The summed E-state index contributed by atoms with van der Waals surface area (Å²) in [4.78, 5) is 22.8. The highest BCUT2D eigenvalue weighted by molar-refractivity contribution is 5.80. The molecule has 0 saturated heterocycles. The summed E-state index contributed by atoms with van der Waals surface area (Å²) in [5, 5.41) is 5.41. The van der Waals surface area contributed by atoms with Crippen molar-refractivity contribution >= 4 is 12.0 Å². The Morgan fingerprint density at radius 3 is 2.80 bits per heavy atom. The van der Waals surface area contributed by atoms with E-state index < -0.39 is 5.97 Å². The predicted octanol–water partition coefficient (Wildman–Crippen LogP) is 1.41. The number of benzene rings is 1. The molecule has 2 rings (SSSR count). The molecule has 0 radical (unpaired) electrons. The van der Waals surface area contributed by atoms with Crippen molar-refractivity contribution in [1.29, 1.82) is 0 Å². The van der Waals surface area contributed by atoms with Gasteiger partial charge in [-0.3, -0.25) is 4.79 Å². The molecule has 0 heterocycles. The molecule has 5 nitrogen and oxygen atoms in total. The quantitative estimate of drug-likeness (QED) is 0.817. The lowest BCUT2D eigenvalue weighted by Gasteiger charge is -2.25. The van der Waals surface area contributed by atoms with Crippen LogP contribution in [0, 0.1) is 0 Å². The van der Waals surface area contributed by atoms with Crippen LogP contribution >= 0.6 is 0 Å². The predicted molar refractivity (Wildman–Crippen MR) is 75.4 cm³/mol. The van der Waals surface area contributed by atoms with Crippen molar-refractivity contribution in [3.63, 3.8) is 0 Å². The molecule has 0 bridgehead atoms. The number of hydrogen-bond donors (Lipinski definition) is 2. The average Bonchev–Trinajstić information content (AvgIpc) is 2.45. The first-order valence-corrected chi connectivity index (χ1v) is 6.95. The molecule has 2 N–H and O–H groups in total. The third kappa shape index (κ3) is 3.98. The van der Waals surface area contributed by atoms with Gasteiger partial charge >= 0.3 is 12.0 Å². The van der Waals surface area contributed by atoms with Crippen molar-refractivity contribution in [2.24, 2.45) is 0 Å². The number of aryl methyl sites for hydroxylation is 1. The number of rotatable bonds is 4. The van der Waals surface area contributed by atoms with Crippen molar-refractivity contribution in [2.45, 2.75) is 32.2 Å². The molecule has 1 aliphatic carbocycles. The minimum Gasteiger partial charge on any atom is -0.465 e. The first kappa shape index (κ1) is 14.4. The molecular weight excluding hydrogens is 256 g/mol. The van der Waals surface area contributed by atoms with Crippen LogP contribution in [-0.4, -0.2) is 31.2 Å². The van der Waals surface area contributed by atoms with Crippen LogP contribution in [0.4, 0.5) is 4.79 Å². The molecule has 20 heavy (non-hydrogen) atoms. The second kappa shape index (κ2) is 6.93. The highest BCUT2D eigenvalue weighted by Crippen LogP contribution is 2.20. The Bertz CT molecular complexity index is 488. The van der Waals surface area contributed by atoms with Gasteiger partial charge in [0.05, 0.1) is 6.61 Å². The van der Waals surface area contributed by atoms with E-state index in [0.717, 1.165) is 19.3 Å². The zero-order valence-electron chi connectivity index (χ0n) is 11.6. The SMILES string of the molecule is CCOC(=O)CNC(=O)NC1CCc2ccccc2C1. The summed E-state index contributed by atoms with van der Waals surface area (Å²) in [6, 6.07) is 8.08. The second-order valence-electron chi connectivity index (χ2n) is 4.84. The zero-order chi connectivity index (χ0) is 14.4. The Hall–Kier alpha value is -2.04. The molecule has 1 aromatic rings. The standard InChI is InChI=1S/C15H20N2O3/c1-2-20-14(18)10-16-15(19)17-13-8-7-11-5-3-4-6-12(11)9-13/h3-6,13H,2,7-10H2,1H3,(H2,16,17,19). The van der Waals surface area contributed by atoms with E-state index in [2.05, 4.69) is 22.8 Å². The fourth-order valence-electron chi connectivity index (χ4n) is 2.42. The molecule has 0 saturated carbocycles. The van der Waals surface area contributed by atoms with Crippen LogP contribution in [-0.2, 0) is 22.4 Å². The van der Waals surface area contributed by atoms with Crippen LogP contribution in [0.15, 0.2) is 24.3 Å². The molecule has 0 spiro atoms. The van der Waals surface area contributed by atoms with Gasteiger partial charge in [0.15, 0.2) is 0 Å². The summed E-state index contributed by atoms with van der Waals surface area (Å²) in [5.41, 5.74) is 2.65. The number of esters is 1. The van der Waals surface area contributed by atoms with Crippen molar-refractivity contribution in [1.82, 2.24) is 10.6 Å². The normalized spacial score (nSPS) is 16.9. The monoisotopic (exact) mass is 276 g/mol. The Balaban J connectivity index is 1.77. The number of carbonyl (C=O) groups is 2. The first-order chi connectivity index (χ1) is 9.69. The van der Waals surface area contributed by atoms with Gasteiger partial charge in [0.1, 0.15) is 6.54 Å². The Morgan fingerprint density at radius 1 is 1.30 bits per heavy atom. The van der Waals surface area contributed by atoms with Crippen molar-refractivity contribution < 1.29 is 14.3 Å².